The summed E-state index contributed by atoms with van der Waals surface area (Å²) in [5.41, 5.74) is 5.69. The Hall–Kier alpha value is -3.91. The largest absolute Gasteiger partial charge is 0.510 e. The Kier molecular flexibility index (Phi) is 4.56. The summed E-state index contributed by atoms with van der Waals surface area (Å²) in [6, 6.07) is 20.8. The van der Waals surface area contributed by atoms with Gasteiger partial charge in [-0.25, -0.2) is 4.68 Å². The molecule has 154 valence electrons. The van der Waals surface area contributed by atoms with Gasteiger partial charge in [-0.1, -0.05) is 48.5 Å². The summed E-state index contributed by atoms with van der Waals surface area (Å²) in [4.78, 5) is 14.4. The first kappa shape index (κ1) is 19.1. The van der Waals surface area contributed by atoms with Gasteiger partial charge in [0.15, 0.2) is 5.84 Å². The SMILES string of the molecule is Cc1nn(-c2ccccc2)c2sc(C(=O)NN3CC(O)=C(c4ccccc4)C3=N)cc12. The van der Waals surface area contributed by atoms with Gasteiger partial charge in [0.2, 0.25) is 0 Å². The predicted octanol–water partition coefficient (Wildman–Crippen LogP) is 4.30. The topological polar surface area (TPSA) is 94.2 Å². The van der Waals surface area contributed by atoms with Gasteiger partial charge in [0, 0.05) is 5.39 Å². The first-order valence-corrected chi connectivity index (χ1v) is 10.5. The minimum absolute atomic E-state index is 0.0521. The summed E-state index contributed by atoms with van der Waals surface area (Å²) >= 11 is 1.35. The first-order valence-electron chi connectivity index (χ1n) is 9.72. The monoisotopic (exact) mass is 429 g/mol. The van der Waals surface area contributed by atoms with Crippen molar-refractivity contribution >= 4 is 38.9 Å². The van der Waals surface area contributed by atoms with Crippen molar-refractivity contribution in [2.75, 3.05) is 6.54 Å². The summed E-state index contributed by atoms with van der Waals surface area (Å²) in [6.45, 7) is 1.97. The minimum Gasteiger partial charge on any atom is -0.510 e. The van der Waals surface area contributed by atoms with Crippen molar-refractivity contribution in [1.29, 1.82) is 5.41 Å². The molecular weight excluding hydrogens is 410 g/mol. The molecule has 5 rings (SSSR count). The summed E-state index contributed by atoms with van der Waals surface area (Å²) in [6.07, 6.45) is 0. The zero-order valence-corrected chi connectivity index (χ0v) is 17.5. The third kappa shape index (κ3) is 3.27. The van der Waals surface area contributed by atoms with Crippen LogP contribution in [0, 0.1) is 12.3 Å². The molecule has 3 N–H and O–H groups in total. The molecule has 31 heavy (non-hydrogen) atoms. The maximum atomic E-state index is 13.0. The van der Waals surface area contributed by atoms with E-state index < -0.39 is 0 Å². The number of benzene rings is 2. The van der Waals surface area contributed by atoms with Crippen LogP contribution in [0.25, 0.3) is 21.5 Å². The number of para-hydroxylation sites is 1. The van der Waals surface area contributed by atoms with Crippen molar-refractivity contribution in [3.63, 3.8) is 0 Å². The molecule has 1 aliphatic heterocycles. The molecule has 0 bridgehead atoms. The van der Waals surface area contributed by atoms with Crippen LogP contribution in [0.1, 0.15) is 20.9 Å². The Labute approximate surface area is 182 Å². The molecule has 7 nitrogen and oxygen atoms in total. The number of aliphatic hydroxyl groups is 1. The van der Waals surface area contributed by atoms with E-state index in [1.54, 1.807) is 0 Å². The number of nitrogens with one attached hydrogen (secondary N) is 2. The molecule has 0 radical (unpaired) electrons. The number of hydrogen-bond donors (Lipinski definition) is 3. The maximum absolute atomic E-state index is 13.0. The van der Waals surface area contributed by atoms with E-state index in [2.05, 4.69) is 10.5 Å². The second-order valence-electron chi connectivity index (χ2n) is 7.23. The fraction of sp³-hybridized carbons (Fsp3) is 0.0870. The molecule has 2 aromatic carbocycles. The molecule has 1 amide bonds. The zero-order valence-electron chi connectivity index (χ0n) is 16.7. The predicted molar refractivity (Wildman–Crippen MR) is 122 cm³/mol. The molecule has 0 saturated carbocycles. The van der Waals surface area contributed by atoms with Gasteiger partial charge in [-0.2, -0.15) is 5.10 Å². The molecule has 2 aromatic heterocycles. The Morgan fingerprint density at radius 2 is 1.81 bits per heavy atom. The van der Waals surface area contributed by atoms with Crippen LogP contribution in [-0.2, 0) is 0 Å². The average Bonchev–Trinajstić information content (AvgIpc) is 3.43. The fourth-order valence-corrected chi connectivity index (χ4v) is 4.74. The second-order valence-corrected chi connectivity index (χ2v) is 8.26. The van der Waals surface area contributed by atoms with Crippen LogP contribution in [0.3, 0.4) is 0 Å². The molecule has 0 aliphatic carbocycles. The lowest BCUT2D eigenvalue weighted by Gasteiger charge is -2.19. The van der Waals surface area contributed by atoms with E-state index in [1.807, 2.05) is 78.3 Å². The molecule has 0 fully saturated rings. The Bertz CT molecular complexity index is 1340. The maximum Gasteiger partial charge on any atom is 0.280 e. The number of rotatable bonds is 4. The lowest BCUT2D eigenvalue weighted by atomic mass is 10.1. The van der Waals surface area contributed by atoms with E-state index in [4.69, 9.17) is 5.41 Å². The lowest BCUT2D eigenvalue weighted by Crippen LogP contribution is -2.43. The Morgan fingerprint density at radius 3 is 2.52 bits per heavy atom. The number of amidine groups is 1. The molecule has 0 atom stereocenters. The fourth-order valence-electron chi connectivity index (χ4n) is 3.66. The molecule has 1 aliphatic rings. The number of hydrazine groups is 1. The highest BCUT2D eigenvalue weighted by molar-refractivity contribution is 7.20. The van der Waals surface area contributed by atoms with Gasteiger partial charge in [-0.15, -0.1) is 11.3 Å². The van der Waals surface area contributed by atoms with Crippen molar-refractivity contribution in [1.82, 2.24) is 20.2 Å². The van der Waals surface area contributed by atoms with Gasteiger partial charge in [0.05, 0.1) is 28.4 Å². The van der Waals surface area contributed by atoms with Gasteiger partial charge in [0.25, 0.3) is 5.91 Å². The number of aliphatic hydroxyl groups excluding tert-OH is 1. The van der Waals surface area contributed by atoms with Crippen molar-refractivity contribution < 1.29 is 9.90 Å². The Balaban J connectivity index is 1.40. The summed E-state index contributed by atoms with van der Waals surface area (Å²) in [7, 11) is 0. The van der Waals surface area contributed by atoms with Crippen LogP contribution < -0.4 is 5.43 Å². The summed E-state index contributed by atoms with van der Waals surface area (Å²) < 4.78 is 1.84. The lowest BCUT2D eigenvalue weighted by molar-refractivity contribution is 0.0879. The van der Waals surface area contributed by atoms with E-state index in [0.29, 0.717) is 10.5 Å². The number of thiophene rings is 1. The number of carbonyl (C=O) groups excluding carboxylic acids is 1. The zero-order chi connectivity index (χ0) is 21.5. The number of aryl methyl sites for hydroxylation is 1. The standard InChI is InChI=1S/C23H19N5O2S/c1-14-17-12-19(31-23(17)28(25-14)16-10-6-3-7-11-16)22(30)26-27-13-18(29)20(21(27)24)15-8-4-2-5-9-15/h2-12,24,29H,13H2,1H3,(H,26,30). The quantitative estimate of drug-likeness (QED) is 0.451. The molecule has 0 unspecified atom stereocenters. The van der Waals surface area contributed by atoms with Gasteiger partial charge in [-0.3, -0.25) is 20.6 Å². The van der Waals surface area contributed by atoms with Crippen LogP contribution in [0.5, 0.6) is 0 Å². The van der Waals surface area contributed by atoms with Gasteiger partial charge >= 0.3 is 0 Å². The highest BCUT2D eigenvalue weighted by Crippen LogP contribution is 2.31. The number of nitrogens with zero attached hydrogens (tertiary/aromatic N) is 3. The third-order valence-electron chi connectivity index (χ3n) is 5.17. The number of amides is 1. The number of carbonyl (C=O) groups is 1. The minimum atomic E-state index is -0.327. The highest BCUT2D eigenvalue weighted by Gasteiger charge is 2.30. The van der Waals surface area contributed by atoms with Gasteiger partial charge in [-0.05, 0) is 30.7 Å². The number of aromatic nitrogens is 2. The molecule has 0 saturated heterocycles. The van der Waals surface area contributed by atoms with Crippen molar-refractivity contribution in [3.05, 3.63) is 88.6 Å². The van der Waals surface area contributed by atoms with Crippen molar-refractivity contribution in [3.8, 4) is 5.69 Å². The van der Waals surface area contributed by atoms with Crippen LogP contribution in [0.4, 0.5) is 0 Å². The normalized spacial score (nSPS) is 14.0. The van der Waals surface area contributed by atoms with Crippen molar-refractivity contribution in [2.45, 2.75) is 6.92 Å². The van der Waals surface area contributed by atoms with Crippen LogP contribution >= 0.6 is 11.3 Å². The van der Waals surface area contributed by atoms with E-state index in [-0.39, 0.29) is 24.0 Å². The van der Waals surface area contributed by atoms with Gasteiger partial charge in [0.1, 0.15) is 10.6 Å². The molecular formula is C23H19N5O2S. The third-order valence-corrected chi connectivity index (χ3v) is 6.28. The average molecular weight is 430 g/mol. The number of hydrogen-bond acceptors (Lipinski definition) is 5. The molecule has 4 aromatic rings. The molecule has 8 heteroatoms. The smallest absolute Gasteiger partial charge is 0.280 e. The first-order chi connectivity index (χ1) is 15.0. The summed E-state index contributed by atoms with van der Waals surface area (Å²) in [5, 5.41) is 25.7. The highest BCUT2D eigenvalue weighted by atomic mass is 32.1. The second kappa shape index (κ2) is 7.41. The van der Waals surface area contributed by atoms with E-state index in [1.165, 1.54) is 16.3 Å². The summed E-state index contributed by atoms with van der Waals surface area (Å²) in [5.74, 6) is -0.208. The van der Waals surface area contributed by atoms with E-state index in [9.17, 15) is 9.90 Å². The van der Waals surface area contributed by atoms with E-state index in [0.717, 1.165) is 27.2 Å². The van der Waals surface area contributed by atoms with Crippen molar-refractivity contribution in [2.24, 2.45) is 0 Å². The van der Waals surface area contributed by atoms with Crippen LogP contribution in [-0.4, -0.2) is 38.2 Å². The Morgan fingerprint density at radius 1 is 1.13 bits per heavy atom. The number of fused-ring (bicyclic) bond motifs is 1. The van der Waals surface area contributed by atoms with Crippen LogP contribution in [0.15, 0.2) is 72.5 Å². The van der Waals surface area contributed by atoms with E-state index >= 15 is 0 Å². The molecule has 3 heterocycles. The molecule has 0 spiro atoms. The van der Waals surface area contributed by atoms with Gasteiger partial charge < -0.3 is 5.11 Å². The van der Waals surface area contributed by atoms with Crippen LogP contribution in [0.2, 0.25) is 0 Å².